The highest BCUT2D eigenvalue weighted by atomic mass is 16.1. The van der Waals surface area contributed by atoms with Gasteiger partial charge in [-0.15, -0.1) is 0 Å². The maximum absolute atomic E-state index is 12.3. The summed E-state index contributed by atoms with van der Waals surface area (Å²) >= 11 is 0. The molecule has 21 heavy (non-hydrogen) atoms. The summed E-state index contributed by atoms with van der Waals surface area (Å²) in [5.41, 5.74) is 4.01. The molecular formula is C17H21N3O. The van der Waals surface area contributed by atoms with E-state index in [0.29, 0.717) is 5.69 Å². The van der Waals surface area contributed by atoms with Crippen LogP contribution in [-0.2, 0) is 5.41 Å². The summed E-state index contributed by atoms with van der Waals surface area (Å²) in [7, 11) is 0. The van der Waals surface area contributed by atoms with Crippen LogP contribution in [0.1, 0.15) is 48.1 Å². The molecule has 0 aliphatic carbocycles. The van der Waals surface area contributed by atoms with Crippen molar-refractivity contribution in [3.8, 4) is 0 Å². The summed E-state index contributed by atoms with van der Waals surface area (Å²) in [4.78, 5) is 20.8. The second kappa shape index (κ2) is 5.64. The summed E-state index contributed by atoms with van der Waals surface area (Å²) in [5.74, 6) is -0.236. The smallest absolute Gasteiger partial charge is 0.275 e. The highest BCUT2D eigenvalue weighted by Crippen LogP contribution is 2.21. The lowest BCUT2D eigenvalue weighted by molar-refractivity contribution is 0.102. The third-order valence-electron chi connectivity index (χ3n) is 3.37. The van der Waals surface area contributed by atoms with E-state index in [1.54, 1.807) is 6.20 Å². The molecule has 1 aromatic carbocycles. The fraction of sp³-hybridized carbons (Fsp3) is 0.353. The van der Waals surface area contributed by atoms with Gasteiger partial charge in [0.05, 0.1) is 11.9 Å². The monoisotopic (exact) mass is 283 g/mol. The highest BCUT2D eigenvalue weighted by molar-refractivity contribution is 6.03. The summed E-state index contributed by atoms with van der Waals surface area (Å²) in [6.45, 7) is 10.1. The van der Waals surface area contributed by atoms with Crippen LogP contribution in [0.3, 0.4) is 0 Å². The molecule has 2 rings (SSSR count). The molecule has 1 heterocycles. The van der Waals surface area contributed by atoms with Crippen LogP contribution in [0, 0.1) is 13.8 Å². The van der Waals surface area contributed by atoms with E-state index in [-0.39, 0.29) is 11.3 Å². The number of hydrogen-bond acceptors (Lipinski definition) is 3. The van der Waals surface area contributed by atoms with Crippen LogP contribution in [0.5, 0.6) is 0 Å². The van der Waals surface area contributed by atoms with Crippen molar-refractivity contribution in [1.29, 1.82) is 0 Å². The van der Waals surface area contributed by atoms with Gasteiger partial charge in [-0.1, -0.05) is 39.0 Å². The molecule has 1 N–H and O–H groups in total. The van der Waals surface area contributed by atoms with Crippen LogP contribution >= 0.6 is 0 Å². The average Bonchev–Trinajstić information content (AvgIpc) is 2.42. The molecule has 0 radical (unpaired) electrons. The van der Waals surface area contributed by atoms with Gasteiger partial charge in [0.2, 0.25) is 0 Å². The standard InChI is InChI=1S/C17H21N3O/c1-11-7-6-8-12(2)15(11)20-16(21)13-9-19-14(10-18-13)17(3,4)5/h6-10H,1-5H3,(H,20,21). The van der Waals surface area contributed by atoms with E-state index >= 15 is 0 Å². The Hall–Kier alpha value is -2.23. The Labute approximate surface area is 125 Å². The fourth-order valence-electron chi connectivity index (χ4n) is 2.02. The lowest BCUT2D eigenvalue weighted by atomic mass is 9.93. The van der Waals surface area contributed by atoms with E-state index in [1.807, 2.05) is 32.0 Å². The number of carbonyl (C=O) groups excluding carboxylic acids is 1. The number of nitrogens with zero attached hydrogens (tertiary/aromatic N) is 2. The zero-order valence-corrected chi connectivity index (χ0v) is 13.2. The largest absolute Gasteiger partial charge is 0.320 e. The first-order valence-corrected chi connectivity index (χ1v) is 6.99. The topological polar surface area (TPSA) is 54.9 Å². The molecule has 110 valence electrons. The number of rotatable bonds is 2. The Balaban J connectivity index is 2.21. The third-order valence-corrected chi connectivity index (χ3v) is 3.37. The molecule has 0 fully saturated rings. The number of nitrogens with one attached hydrogen (secondary N) is 1. The lowest BCUT2D eigenvalue weighted by Crippen LogP contribution is -2.18. The van der Waals surface area contributed by atoms with Gasteiger partial charge in [0, 0.05) is 17.3 Å². The molecular weight excluding hydrogens is 262 g/mol. The summed E-state index contributed by atoms with van der Waals surface area (Å²) in [5, 5.41) is 2.91. The molecule has 0 unspecified atom stereocenters. The Morgan fingerprint density at radius 2 is 1.67 bits per heavy atom. The van der Waals surface area contributed by atoms with E-state index in [0.717, 1.165) is 22.5 Å². The zero-order chi connectivity index (χ0) is 15.6. The summed E-state index contributed by atoms with van der Waals surface area (Å²) < 4.78 is 0. The van der Waals surface area contributed by atoms with E-state index in [9.17, 15) is 4.79 Å². The number of carbonyl (C=O) groups is 1. The first-order valence-electron chi connectivity index (χ1n) is 6.99. The first kappa shape index (κ1) is 15.2. The fourth-order valence-corrected chi connectivity index (χ4v) is 2.02. The minimum Gasteiger partial charge on any atom is -0.320 e. The highest BCUT2D eigenvalue weighted by Gasteiger charge is 2.17. The Kier molecular flexibility index (Phi) is 4.07. The van der Waals surface area contributed by atoms with E-state index in [4.69, 9.17) is 0 Å². The number of amides is 1. The molecule has 0 saturated carbocycles. The van der Waals surface area contributed by atoms with Crippen molar-refractivity contribution in [2.24, 2.45) is 0 Å². The molecule has 0 atom stereocenters. The van der Waals surface area contributed by atoms with Gasteiger partial charge in [-0.25, -0.2) is 4.98 Å². The number of aryl methyl sites for hydroxylation is 2. The van der Waals surface area contributed by atoms with Gasteiger partial charge >= 0.3 is 0 Å². The molecule has 1 amide bonds. The van der Waals surface area contributed by atoms with Crippen LogP contribution in [0.15, 0.2) is 30.6 Å². The van der Waals surface area contributed by atoms with Crippen LogP contribution in [0.4, 0.5) is 5.69 Å². The lowest BCUT2D eigenvalue weighted by Gasteiger charge is -2.17. The molecule has 1 aromatic heterocycles. The Morgan fingerprint density at radius 3 is 2.14 bits per heavy atom. The number of hydrogen-bond donors (Lipinski definition) is 1. The minimum absolute atomic E-state index is 0.0748. The van der Waals surface area contributed by atoms with Crippen molar-refractivity contribution < 1.29 is 4.79 Å². The predicted octanol–water partition coefficient (Wildman–Crippen LogP) is 3.64. The minimum atomic E-state index is -0.236. The summed E-state index contributed by atoms with van der Waals surface area (Å²) in [6.07, 6.45) is 3.20. The summed E-state index contributed by atoms with van der Waals surface area (Å²) in [6, 6.07) is 5.91. The SMILES string of the molecule is Cc1cccc(C)c1NC(=O)c1cnc(C(C)(C)C)cn1. The van der Waals surface area contributed by atoms with Crippen LogP contribution < -0.4 is 5.32 Å². The second-order valence-corrected chi connectivity index (χ2v) is 6.26. The van der Waals surface area contributed by atoms with Gasteiger partial charge in [-0.2, -0.15) is 0 Å². The van der Waals surface area contributed by atoms with Crippen molar-refractivity contribution in [2.45, 2.75) is 40.0 Å². The molecule has 0 aliphatic rings. The van der Waals surface area contributed by atoms with E-state index < -0.39 is 0 Å². The van der Waals surface area contributed by atoms with Crippen LogP contribution in [0.2, 0.25) is 0 Å². The van der Waals surface area contributed by atoms with Crippen molar-refractivity contribution in [3.05, 3.63) is 53.1 Å². The van der Waals surface area contributed by atoms with Crippen molar-refractivity contribution >= 4 is 11.6 Å². The van der Waals surface area contributed by atoms with Crippen LogP contribution in [0.25, 0.3) is 0 Å². The quantitative estimate of drug-likeness (QED) is 0.915. The molecule has 2 aromatic rings. The van der Waals surface area contributed by atoms with Crippen molar-refractivity contribution in [3.63, 3.8) is 0 Å². The predicted molar refractivity (Wildman–Crippen MR) is 84.6 cm³/mol. The molecule has 4 heteroatoms. The zero-order valence-electron chi connectivity index (χ0n) is 13.2. The van der Waals surface area contributed by atoms with Crippen molar-refractivity contribution in [1.82, 2.24) is 9.97 Å². The second-order valence-electron chi connectivity index (χ2n) is 6.26. The normalized spacial score (nSPS) is 11.3. The number of aromatic nitrogens is 2. The Morgan fingerprint density at radius 1 is 1.05 bits per heavy atom. The molecule has 4 nitrogen and oxygen atoms in total. The molecule has 0 bridgehead atoms. The maximum Gasteiger partial charge on any atom is 0.275 e. The average molecular weight is 283 g/mol. The van der Waals surface area contributed by atoms with E-state index in [2.05, 4.69) is 36.1 Å². The van der Waals surface area contributed by atoms with Crippen LogP contribution in [-0.4, -0.2) is 15.9 Å². The third kappa shape index (κ3) is 3.45. The van der Waals surface area contributed by atoms with Gasteiger partial charge in [0.1, 0.15) is 5.69 Å². The van der Waals surface area contributed by atoms with Gasteiger partial charge < -0.3 is 5.32 Å². The number of benzene rings is 1. The molecule has 0 aliphatic heterocycles. The van der Waals surface area contributed by atoms with Gasteiger partial charge in [-0.05, 0) is 25.0 Å². The van der Waals surface area contributed by atoms with Gasteiger partial charge in [0.25, 0.3) is 5.91 Å². The van der Waals surface area contributed by atoms with E-state index in [1.165, 1.54) is 6.20 Å². The first-order chi connectivity index (χ1) is 9.79. The maximum atomic E-state index is 12.3. The Bertz CT molecular complexity index is 634. The van der Waals surface area contributed by atoms with Crippen molar-refractivity contribution in [2.75, 3.05) is 5.32 Å². The van der Waals surface area contributed by atoms with Gasteiger partial charge in [-0.3, -0.25) is 9.78 Å². The molecule has 0 saturated heterocycles. The van der Waals surface area contributed by atoms with Gasteiger partial charge in [0.15, 0.2) is 0 Å². The number of para-hydroxylation sites is 1. The number of anilines is 1. The molecule has 0 spiro atoms.